The molecule has 0 saturated carbocycles. The zero-order valence-electron chi connectivity index (χ0n) is 8.12. The van der Waals surface area contributed by atoms with Gasteiger partial charge in [0.25, 0.3) is 5.70 Å². The SMILES string of the molecule is CCSCC(=C1NCCCS1)[N+](=O)[O-]. The Morgan fingerprint density at radius 2 is 2.57 bits per heavy atom. The zero-order chi connectivity index (χ0) is 10.4. The van der Waals surface area contributed by atoms with E-state index in [-0.39, 0.29) is 4.92 Å². The van der Waals surface area contributed by atoms with E-state index in [1.54, 1.807) is 23.5 Å². The smallest absolute Gasteiger partial charge is 0.285 e. The minimum Gasteiger partial charge on any atom is -0.374 e. The van der Waals surface area contributed by atoms with Gasteiger partial charge in [0.05, 0.1) is 10.7 Å². The Morgan fingerprint density at radius 3 is 3.07 bits per heavy atom. The third-order valence-electron chi connectivity index (χ3n) is 1.78. The molecule has 14 heavy (non-hydrogen) atoms. The van der Waals surface area contributed by atoms with E-state index >= 15 is 0 Å². The highest BCUT2D eigenvalue weighted by atomic mass is 32.2. The number of nitrogens with one attached hydrogen (secondary N) is 1. The minimum atomic E-state index is -0.261. The second-order valence-corrected chi connectivity index (χ2v) is 5.18. The number of nitro groups is 1. The van der Waals surface area contributed by atoms with Crippen LogP contribution < -0.4 is 5.32 Å². The summed E-state index contributed by atoms with van der Waals surface area (Å²) in [7, 11) is 0. The Morgan fingerprint density at radius 1 is 1.79 bits per heavy atom. The first-order valence-electron chi connectivity index (χ1n) is 4.57. The van der Waals surface area contributed by atoms with Crippen molar-refractivity contribution in [3.8, 4) is 0 Å². The fourth-order valence-electron chi connectivity index (χ4n) is 1.08. The maximum absolute atomic E-state index is 10.8. The third-order valence-corrected chi connectivity index (χ3v) is 3.83. The molecule has 6 heteroatoms. The van der Waals surface area contributed by atoms with Gasteiger partial charge in [-0.25, -0.2) is 0 Å². The van der Waals surface area contributed by atoms with Gasteiger partial charge in [-0.15, -0.1) is 11.8 Å². The van der Waals surface area contributed by atoms with Crippen LogP contribution in [0.4, 0.5) is 0 Å². The second-order valence-electron chi connectivity index (χ2n) is 2.80. The van der Waals surface area contributed by atoms with Gasteiger partial charge in [0.2, 0.25) is 0 Å². The third kappa shape index (κ3) is 3.42. The molecule has 0 aromatic heterocycles. The van der Waals surface area contributed by atoms with E-state index in [1.165, 1.54) is 0 Å². The van der Waals surface area contributed by atoms with Gasteiger partial charge in [-0.05, 0) is 12.2 Å². The summed E-state index contributed by atoms with van der Waals surface area (Å²) in [6.07, 6.45) is 1.08. The Balaban J connectivity index is 2.66. The molecular formula is C8H14N2O2S2. The van der Waals surface area contributed by atoms with Crippen molar-refractivity contribution in [3.63, 3.8) is 0 Å². The maximum atomic E-state index is 10.8. The normalized spacial score (nSPS) is 20.1. The summed E-state index contributed by atoms with van der Waals surface area (Å²) >= 11 is 3.15. The molecule has 1 rings (SSSR count). The van der Waals surface area contributed by atoms with Crippen LogP contribution in [0.3, 0.4) is 0 Å². The maximum Gasteiger partial charge on any atom is 0.285 e. The highest BCUT2D eigenvalue weighted by molar-refractivity contribution is 8.03. The molecule has 0 atom stereocenters. The molecule has 0 unspecified atom stereocenters. The van der Waals surface area contributed by atoms with Gasteiger partial charge < -0.3 is 5.32 Å². The first-order chi connectivity index (χ1) is 6.75. The summed E-state index contributed by atoms with van der Waals surface area (Å²) in [6, 6.07) is 0. The molecule has 80 valence electrons. The standard InChI is InChI=1S/C8H14N2O2S2/c1-2-13-6-7(10(11)12)8-9-4-3-5-14-8/h9H,2-6H2,1H3. The van der Waals surface area contributed by atoms with Crippen LogP contribution in [0, 0.1) is 10.1 Å². The van der Waals surface area contributed by atoms with Crippen molar-refractivity contribution in [3.05, 3.63) is 20.8 Å². The first-order valence-corrected chi connectivity index (χ1v) is 6.71. The zero-order valence-corrected chi connectivity index (χ0v) is 9.75. The highest BCUT2D eigenvalue weighted by Crippen LogP contribution is 2.24. The van der Waals surface area contributed by atoms with Gasteiger partial charge in [0, 0.05) is 12.3 Å². The number of thioether (sulfide) groups is 2. The predicted octanol–water partition coefficient (Wildman–Crippen LogP) is 1.91. The van der Waals surface area contributed by atoms with Crippen molar-refractivity contribution < 1.29 is 4.92 Å². The van der Waals surface area contributed by atoms with Crippen LogP contribution in [-0.2, 0) is 0 Å². The van der Waals surface area contributed by atoms with Crippen molar-refractivity contribution in [2.24, 2.45) is 0 Å². The van der Waals surface area contributed by atoms with Crippen LogP contribution in [-0.4, -0.2) is 28.7 Å². The molecule has 0 bridgehead atoms. The summed E-state index contributed by atoms with van der Waals surface area (Å²) in [5, 5.41) is 14.6. The largest absolute Gasteiger partial charge is 0.374 e. The van der Waals surface area contributed by atoms with Crippen molar-refractivity contribution in [2.75, 3.05) is 23.8 Å². The van der Waals surface area contributed by atoms with Crippen LogP contribution in [0.5, 0.6) is 0 Å². The summed E-state index contributed by atoms with van der Waals surface area (Å²) in [4.78, 5) is 10.5. The molecule has 0 spiro atoms. The van der Waals surface area contributed by atoms with E-state index in [2.05, 4.69) is 5.32 Å². The van der Waals surface area contributed by atoms with E-state index in [9.17, 15) is 10.1 Å². The molecule has 1 aliphatic rings. The molecule has 0 aromatic rings. The molecule has 1 heterocycles. The minimum absolute atomic E-state index is 0.261. The Bertz CT molecular complexity index is 235. The molecule has 4 nitrogen and oxygen atoms in total. The molecule has 0 amide bonds. The van der Waals surface area contributed by atoms with E-state index in [4.69, 9.17) is 0 Å². The second kappa shape index (κ2) is 6.19. The number of hydrogen-bond acceptors (Lipinski definition) is 5. The van der Waals surface area contributed by atoms with Crippen molar-refractivity contribution >= 4 is 23.5 Å². The van der Waals surface area contributed by atoms with Gasteiger partial charge in [-0.2, -0.15) is 11.8 Å². The van der Waals surface area contributed by atoms with Crippen LogP contribution in [0.1, 0.15) is 13.3 Å². The lowest BCUT2D eigenvalue weighted by molar-refractivity contribution is -0.424. The average Bonchev–Trinajstić information content (AvgIpc) is 2.19. The predicted molar refractivity (Wildman–Crippen MR) is 62.1 cm³/mol. The lowest BCUT2D eigenvalue weighted by atomic mass is 10.4. The molecule has 1 aliphatic heterocycles. The first kappa shape index (κ1) is 11.7. The van der Waals surface area contributed by atoms with Gasteiger partial charge in [0.15, 0.2) is 0 Å². The summed E-state index contributed by atoms with van der Waals surface area (Å²) in [5.41, 5.74) is 0.335. The topological polar surface area (TPSA) is 55.2 Å². The molecular weight excluding hydrogens is 220 g/mol. The summed E-state index contributed by atoms with van der Waals surface area (Å²) in [6.45, 7) is 2.87. The van der Waals surface area contributed by atoms with Crippen LogP contribution in [0.2, 0.25) is 0 Å². The Labute approximate surface area is 92.0 Å². The van der Waals surface area contributed by atoms with Crippen molar-refractivity contribution in [2.45, 2.75) is 13.3 Å². The van der Waals surface area contributed by atoms with Crippen molar-refractivity contribution in [1.29, 1.82) is 0 Å². The number of rotatable bonds is 4. The van der Waals surface area contributed by atoms with Gasteiger partial charge in [-0.1, -0.05) is 6.92 Å². The van der Waals surface area contributed by atoms with E-state index in [1.807, 2.05) is 6.92 Å². The van der Waals surface area contributed by atoms with Crippen molar-refractivity contribution in [1.82, 2.24) is 5.32 Å². The van der Waals surface area contributed by atoms with Crippen LogP contribution in [0.15, 0.2) is 10.7 Å². The van der Waals surface area contributed by atoms with E-state index < -0.39 is 0 Å². The summed E-state index contributed by atoms with van der Waals surface area (Å²) in [5.74, 6) is 2.39. The van der Waals surface area contributed by atoms with E-state index in [0.717, 1.165) is 29.5 Å². The monoisotopic (exact) mass is 234 g/mol. The van der Waals surface area contributed by atoms with Gasteiger partial charge in [0.1, 0.15) is 5.03 Å². The molecule has 0 radical (unpaired) electrons. The van der Waals surface area contributed by atoms with Gasteiger partial charge in [-0.3, -0.25) is 10.1 Å². The lowest BCUT2D eigenvalue weighted by Crippen LogP contribution is -2.23. The average molecular weight is 234 g/mol. The Hall–Kier alpha value is -0.360. The van der Waals surface area contributed by atoms with Crippen LogP contribution in [0.25, 0.3) is 0 Å². The molecule has 1 N–H and O–H groups in total. The molecule has 1 saturated heterocycles. The fourth-order valence-corrected chi connectivity index (χ4v) is 2.83. The van der Waals surface area contributed by atoms with Crippen LogP contribution >= 0.6 is 23.5 Å². The quantitative estimate of drug-likeness (QED) is 0.595. The molecule has 1 fully saturated rings. The molecule has 0 aliphatic carbocycles. The number of nitrogens with zero attached hydrogens (tertiary/aromatic N) is 1. The van der Waals surface area contributed by atoms with Gasteiger partial charge >= 0.3 is 0 Å². The highest BCUT2D eigenvalue weighted by Gasteiger charge is 2.20. The van der Waals surface area contributed by atoms with E-state index in [0.29, 0.717) is 11.4 Å². The number of hydrogen-bond donors (Lipinski definition) is 1. The summed E-state index contributed by atoms with van der Waals surface area (Å²) < 4.78 is 0. The lowest BCUT2D eigenvalue weighted by Gasteiger charge is -2.15. The molecule has 0 aromatic carbocycles. The fraction of sp³-hybridized carbons (Fsp3) is 0.750. The Kier molecular flexibility index (Phi) is 5.17.